The molecule has 296 valence electrons. The molecule has 4 aromatic carbocycles. The number of hydrogen-bond acceptors (Lipinski definition) is 12. The largest absolute Gasteiger partial charge is 0.461 e. The third kappa shape index (κ3) is 9.85. The molecule has 1 atom stereocenters. The number of sulfonamides is 1. The van der Waals surface area contributed by atoms with Crippen LogP contribution in [-0.4, -0.2) is 94.5 Å². The Morgan fingerprint density at radius 1 is 1.04 bits per heavy atom. The Morgan fingerprint density at radius 3 is 2.41 bits per heavy atom. The van der Waals surface area contributed by atoms with Gasteiger partial charge in [0.2, 0.25) is 0 Å². The van der Waals surface area contributed by atoms with Gasteiger partial charge in [-0.1, -0.05) is 36.4 Å². The number of ether oxygens (including phenoxy) is 2. The number of anilines is 2. The molecule has 2 aliphatic heterocycles. The van der Waals surface area contributed by atoms with Crippen molar-refractivity contribution in [3.63, 3.8) is 0 Å². The van der Waals surface area contributed by atoms with E-state index >= 15 is 0 Å². The van der Waals surface area contributed by atoms with E-state index in [4.69, 9.17) is 9.47 Å². The maximum atomic E-state index is 14.4. The van der Waals surface area contributed by atoms with Crippen molar-refractivity contribution < 1.29 is 36.8 Å². The van der Waals surface area contributed by atoms with Crippen LogP contribution in [0, 0.1) is 15.9 Å². The van der Waals surface area contributed by atoms with E-state index in [0.717, 1.165) is 22.7 Å². The number of hydrogen-bond donors (Lipinski definition) is 2. The fourth-order valence-electron chi connectivity index (χ4n) is 6.87. The lowest BCUT2D eigenvalue weighted by molar-refractivity contribution is -0.384. The van der Waals surface area contributed by atoms with Crippen molar-refractivity contribution in [1.29, 1.82) is 0 Å². The number of amides is 1. The van der Waals surface area contributed by atoms with E-state index in [1.54, 1.807) is 49.2 Å². The maximum Gasteiger partial charge on any atom is 0.340 e. The van der Waals surface area contributed by atoms with Crippen LogP contribution in [0.5, 0.6) is 0 Å². The maximum absolute atomic E-state index is 14.4. The standard InChI is InChI=1S/C40H44FN5O8S2/c1-44-19-16-30(27-55-32-9-4-3-5-10-32)42-37-34(39(48)54-23-22-44)24-33(25-36(37)46(49)50)56(51,52)43-38(47)28-12-14-31(15-13-28)45-20-17-40(53-2,18-21-45)26-29-8-6-7-11-35(29)41/h3-15,24-25,30,42H,16-23,26-27H2,1-2H3,(H,43,47). The molecule has 2 aliphatic rings. The molecule has 1 amide bonds. The zero-order valence-corrected chi connectivity index (χ0v) is 32.7. The molecule has 56 heavy (non-hydrogen) atoms. The Kier molecular flexibility index (Phi) is 12.9. The molecule has 0 saturated carbocycles. The lowest BCUT2D eigenvalue weighted by Gasteiger charge is -2.42. The van der Waals surface area contributed by atoms with Gasteiger partial charge in [-0.15, -0.1) is 11.8 Å². The van der Waals surface area contributed by atoms with E-state index < -0.39 is 43.0 Å². The molecule has 2 N–H and O–H groups in total. The van der Waals surface area contributed by atoms with Gasteiger partial charge in [-0.3, -0.25) is 14.9 Å². The highest BCUT2D eigenvalue weighted by Gasteiger charge is 2.36. The fraction of sp³-hybridized carbons (Fsp3) is 0.350. The van der Waals surface area contributed by atoms with Gasteiger partial charge in [-0.05, 0) is 86.9 Å². The molecule has 6 rings (SSSR count). The summed E-state index contributed by atoms with van der Waals surface area (Å²) in [5, 5.41) is 15.6. The molecule has 16 heteroatoms. The number of halogens is 1. The number of nitro groups is 1. The van der Waals surface area contributed by atoms with Gasteiger partial charge in [0.25, 0.3) is 21.6 Å². The Labute approximate surface area is 329 Å². The van der Waals surface area contributed by atoms with Gasteiger partial charge in [-0.2, -0.15) is 0 Å². The quantitative estimate of drug-likeness (QED) is 0.0772. The van der Waals surface area contributed by atoms with Crippen LogP contribution in [0.25, 0.3) is 0 Å². The van der Waals surface area contributed by atoms with Crippen LogP contribution in [0.2, 0.25) is 0 Å². The molecule has 13 nitrogen and oxygen atoms in total. The van der Waals surface area contributed by atoms with E-state index in [1.807, 2.05) is 47.0 Å². The predicted octanol–water partition coefficient (Wildman–Crippen LogP) is 6.15. The highest BCUT2D eigenvalue weighted by atomic mass is 32.2. The summed E-state index contributed by atoms with van der Waals surface area (Å²) in [6.45, 7) is 2.21. The number of carbonyl (C=O) groups is 2. The van der Waals surface area contributed by atoms with Gasteiger partial charge in [0, 0.05) is 67.2 Å². The number of nitrogens with one attached hydrogen (secondary N) is 2. The average molecular weight is 806 g/mol. The summed E-state index contributed by atoms with van der Waals surface area (Å²) in [6, 6.07) is 24.2. The lowest BCUT2D eigenvalue weighted by Crippen LogP contribution is -2.47. The normalized spacial score (nSPS) is 17.8. The highest BCUT2D eigenvalue weighted by molar-refractivity contribution is 7.99. The second kappa shape index (κ2) is 17.8. The van der Waals surface area contributed by atoms with E-state index in [2.05, 4.69) is 10.2 Å². The van der Waals surface area contributed by atoms with Crippen LogP contribution in [0.4, 0.5) is 21.5 Å². The number of benzene rings is 4. The monoisotopic (exact) mass is 805 g/mol. The van der Waals surface area contributed by atoms with Crippen molar-refractivity contribution in [1.82, 2.24) is 9.62 Å². The first-order chi connectivity index (χ1) is 26.9. The Bertz CT molecular complexity index is 2150. The van der Waals surface area contributed by atoms with E-state index in [0.29, 0.717) is 63.2 Å². The van der Waals surface area contributed by atoms with Crippen molar-refractivity contribution >= 4 is 50.7 Å². The highest BCUT2D eigenvalue weighted by Crippen LogP contribution is 2.36. The molecule has 0 aromatic heterocycles. The number of carbonyl (C=O) groups excluding carboxylic acids is 2. The van der Waals surface area contributed by atoms with Crippen molar-refractivity contribution in [3.05, 3.63) is 124 Å². The smallest absolute Gasteiger partial charge is 0.340 e. The molecule has 1 fully saturated rings. The number of methoxy groups -OCH3 is 1. The number of piperidine rings is 1. The Morgan fingerprint density at radius 2 is 1.73 bits per heavy atom. The van der Waals surface area contributed by atoms with Crippen LogP contribution in [0.15, 0.2) is 101 Å². The molecule has 0 spiro atoms. The molecule has 0 aliphatic carbocycles. The number of cyclic esters (lactones) is 1. The molecule has 0 radical (unpaired) electrons. The lowest BCUT2D eigenvalue weighted by atomic mass is 9.84. The summed E-state index contributed by atoms with van der Waals surface area (Å²) in [6.07, 6.45) is 2.28. The molecular weight excluding hydrogens is 762 g/mol. The molecule has 1 saturated heterocycles. The predicted molar refractivity (Wildman–Crippen MR) is 212 cm³/mol. The molecule has 1 unspecified atom stereocenters. The minimum absolute atomic E-state index is 0.0198. The number of fused-ring (bicyclic) bond motifs is 1. The number of thioether (sulfide) groups is 1. The third-order valence-corrected chi connectivity index (χ3v) is 12.7. The first-order valence-electron chi connectivity index (χ1n) is 18.2. The van der Waals surface area contributed by atoms with Gasteiger partial charge in [0.1, 0.15) is 18.1 Å². The molecular formula is C40H44FN5O8S2. The van der Waals surface area contributed by atoms with E-state index in [1.165, 1.54) is 18.2 Å². The summed E-state index contributed by atoms with van der Waals surface area (Å²) in [7, 11) is -1.20. The zero-order valence-electron chi connectivity index (χ0n) is 31.1. The topological polar surface area (TPSA) is 160 Å². The van der Waals surface area contributed by atoms with Crippen LogP contribution in [-0.2, 0) is 25.9 Å². The summed E-state index contributed by atoms with van der Waals surface area (Å²) in [5.74, 6) is -1.67. The Hall–Kier alpha value is -5.03. The molecule has 4 aromatic rings. The van der Waals surface area contributed by atoms with E-state index in [-0.39, 0.29) is 35.3 Å². The van der Waals surface area contributed by atoms with Gasteiger partial charge in [0.15, 0.2) is 0 Å². The Balaban J connectivity index is 1.18. The summed E-state index contributed by atoms with van der Waals surface area (Å²) < 4.78 is 55.1. The third-order valence-electron chi connectivity index (χ3n) is 10.2. The van der Waals surface area contributed by atoms with Gasteiger partial charge in [0.05, 0.1) is 21.0 Å². The van der Waals surface area contributed by atoms with Crippen LogP contribution in [0.1, 0.15) is 45.5 Å². The van der Waals surface area contributed by atoms with Gasteiger partial charge < -0.3 is 24.6 Å². The first kappa shape index (κ1) is 40.6. The van der Waals surface area contributed by atoms with Gasteiger partial charge >= 0.3 is 5.97 Å². The number of nitro benzene ring substituents is 1. The second-order valence-electron chi connectivity index (χ2n) is 13.9. The number of nitrogens with zero attached hydrogens (tertiary/aromatic N) is 3. The number of likely N-dealkylation sites (N-methyl/N-ethyl adjacent to an activating group) is 1. The van der Waals surface area contributed by atoms with Gasteiger partial charge in [-0.25, -0.2) is 22.3 Å². The number of esters is 1. The van der Waals surface area contributed by atoms with Crippen molar-refractivity contribution in [3.8, 4) is 0 Å². The van der Waals surface area contributed by atoms with Crippen molar-refractivity contribution in [2.24, 2.45) is 0 Å². The van der Waals surface area contributed by atoms with Crippen molar-refractivity contribution in [2.75, 3.05) is 62.9 Å². The molecule has 2 heterocycles. The molecule has 0 bridgehead atoms. The minimum atomic E-state index is -4.71. The first-order valence-corrected chi connectivity index (χ1v) is 20.7. The van der Waals surface area contributed by atoms with Crippen LogP contribution >= 0.6 is 11.8 Å². The van der Waals surface area contributed by atoms with Crippen LogP contribution < -0.4 is 14.9 Å². The number of rotatable bonds is 11. The fourth-order valence-corrected chi connectivity index (χ4v) is 8.88. The zero-order chi connectivity index (χ0) is 39.9. The minimum Gasteiger partial charge on any atom is -0.461 e. The van der Waals surface area contributed by atoms with Crippen LogP contribution in [0.3, 0.4) is 0 Å². The second-order valence-corrected chi connectivity index (χ2v) is 16.7. The van der Waals surface area contributed by atoms with E-state index in [9.17, 15) is 32.5 Å². The van der Waals surface area contributed by atoms with Crippen molar-refractivity contribution in [2.45, 2.75) is 47.1 Å². The average Bonchev–Trinajstić information content (AvgIpc) is 3.22. The SMILES string of the molecule is COC1(Cc2ccccc2F)CCN(c2ccc(C(=O)NS(=O)(=O)c3cc4c(c([N+](=O)[O-])c3)NC(CSc3ccccc3)CCN(C)CCOC4=O)cc2)CC1. The summed E-state index contributed by atoms with van der Waals surface area (Å²) in [5.41, 5.74) is -0.225. The summed E-state index contributed by atoms with van der Waals surface area (Å²) in [4.78, 5) is 42.9. The summed E-state index contributed by atoms with van der Waals surface area (Å²) >= 11 is 1.54.